The minimum atomic E-state index is -5.11. The summed E-state index contributed by atoms with van der Waals surface area (Å²) < 4.78 is 29.5. The number of benzene rings is 2. The average Bonchev–Trinajstić information content (AvgIpc) is 3.20. The molecular formula is C21H22NO9P. The van der Waals surface area contributed by atoms with Crippen molar-refractivity contribution in [3.05, 3.63) is 72.4 Å². The van der Waals surface area contributed by atoms with Crippen molar-refractivity contribution in [3.63, 3.8) is 0 Å². The Bertz CT molecular complexity index is 1130. The highest BCUT2D eigenvalue weighted by Gasteiger charge is 2.51. The van der Waals surface area contributed by atoms with E-state index in [4.69, 9.17) is 14.0 Å². The van der Waals surface area contributed by atoms with E-state index in [-0.39, 0.29) is 5.56 Å². The molecule has 1 aliphatic heterocycles. The SMILES string of the molecule is O=C(O[C@@H]1[C@@H](OP(=O)(O)O)[C@H](O)[C@@H](CO)O[C@H]1n1ccc2ccccc21)c1ccccc1. The fourth-order valence-electron chi connectivity index (χ4n) is 3.78. The summed E-state index contributed by atoms with van der Waals surface area (Å²) in [5.41, 5.74) is 0.874. The van der Waals surface area contributed by atoms with Crippen LogP contribution in [-0.4, -0.2) is 61.6 Å². The minimum absolute atomic E-state index is 0.192. The van der Waals surface area contributed by atoms with Crippen LogP contribution < -0.4 is 0 Å². The Morgan fingerprint density at radius 1 is 1.03 bits per heavy atom. The van der Waals surface area contributed by atoms with Crippen LogP contribution >= 0.6 is 7.82 Å². The Labute approximate surface area is 182 Å². The first-order valence-electron chi connectivity index (χ1n) is 9.78. The lowest BCUT2D eigenvalue weighted by Gasteiger charge is -2.43. The summed E-state index contributed by atoms with van der Waals surface area (Å²) in [6.45, 7) is -0.656. The standard InChI is InChI=1S/C21H22NO9P/c23-12-16-17(24)18(31-32(26,27)28)19(30-21(25)14-7-2-1-3-8-14)20(29-16)22-11-10-13-6-4-5-9-15(13)22/h1-11,16-20,23-24H,12H2,(H2,26,27,28)/t16-,17-,18+,19-,20-/m1/s1. The number of rotatable bonds is 6. The zero-order valence-electron chi connectivity index (χ0n) is 16.7. The number of carbonyl (C=O) groups excluding carboxylic acids is 1. The molecule has 2 aromatic carbocycles. The first-order valence-corrected chi connectivity index (χ1v) is 11.3. The molecule has 0 aliphatic carbocycles. The molecule has 1 saturated heterocycles. The fourth-order valence-corrected chi connectivity index (χ4v) is 4.34. The average molecular weight is 463 g/mol. The number of hydrogen-bond acceptors (Lipinski definition) is 7. The van der Waals surface area contributed by atoms with Gasteiger partial charge in [0.25, 0.3) is 0 Å². The molecule has 1 aromatic heterocycles. The molecule has 0 unspecified atom stereocenters. The zero-order valence-corrected chi connectivity index (χ0v) is 17.6. The van der Waals surface area contributed by atoms with E-state index < -0.39 is 51.0 Å². The number of para-hydroxylation sites is 1. The van der Waals surface area contributed by atoms with Crippen LogP contribution in [0.3, 0.4) is 0 Å². The van der Waals surface area contributed by atoms with Gasteiger partial charge in [0, 0.05) is 6.20 Å². The van der Waals surface area contributed by atoms with Gasteiger partial charge >= 0.3 is 13.8 Å². The number of hydrogen-bond donors (Lipinski definition) is 4. The molecule has 32 heavy (non-hydrogen) atoms. The van der Waals surface area contributed by atoms with E-state index in [1.807, 2.05) is 12.1 Å². The summed E-state index contributed by atoms with van der Waals surface area (Å²) in [5.74, 6) is -0.797. The molecule has 3 aromatic rings. The van der Waals surface area contributed by atoms with Crippen LogP contribution in [0.5, 0.6) is 0 Å². The van der Waals surface area contributed by atoms with Crippen molar-refractivity contribution in [1.82, 2.24) is 4.57 Å². The molecule has 0 spiro atoms. The lowest BCUT2D eigenvalue weighted by molar-refractivity contribution is -0.246. The van der Waals surface area contributed by atoms with Gasteiger partial charge in [0.15, 0.2) is 12.3 Å². The van der Waals surface area contributed by atoms with E-state index in [1.165, 1.54) is 12.1 Å². The molecule has 2 heterocycles. The third-order valence-electron chi connectivity index (χ3n) is 5.23. The van der Waals surface area contributed by atoms with Crippen molar-refractivity contribution in [3.8, 4) is 0 Å². The topological polar surface area (TPSA) is 148 Å². The highest BCUT2D eigenvalue weighted by atomic mass is 31.2. The van der Waals surface area contributed by atoms with Crippen molar-refractivity contribution < 1.29 is 43.4 Å². The second-order valence-corrected chi connectivity index (χ2v) is 8.51. The normalized spacial score (nSPS) is 26.2. The van der Waals surface area contributed by atoms with E-state index in [9.17, 15) is 29.4 Å². The van der Waals surface area contributed by atoms with Gasteiger partial charge in [-0.25, -0.2) is 9.36 Å². The van der Waals surface area contributed by atoms with Crippen molar-refractivity contribution in [2.24, 2.45) is 0 Å². The molecule has 0 radical (unpaired) electrons. The maximum atomic E-state index is 12.8. The van der Waals surface area contributed by atoms with Crippen LogP contribution in [0.15, 0.2) is 66.9 Å². The molecule has 1 aliphatic rings. The van der Waals surface area contributed by atoms with Gasteiger partial charge in [-0.15, -0.1) is 0 Å². The maximum absolute atomic E-state index is 12.8. The Kier molecular flexibility index (Phi) is 6.45. The molecule has 10 nitrogen and oxygen atoms in total. The molecule has 170 valence electrons. The van der Waals surface area contributed by atoms with E-state index in [2.05, 4.69) is 0 Å². The summed E-state index contributed by atoms with van der Waals surface area (Å²) in [6.07, 6.45) is -5.56. The van der Waals surface area contributed by atoms with Gasteiger partial charge < -0.3 is 34.0 Å². The number of aromatic nitrogens is 1. The minimum Gasteiger partial charge on any atom is -0.451 e. The highest BCUT2D eigenvalue weighted by Crippen LogP contribution is 2.44. The summed E-state index contributed by atoms with van der Waals surface area (Å²) in [7, 11) is -5.11. The largest absolute Gasteiger partial charge is 0.470 e. The summed E-state index contributed by atoms with van der Waals surface area (Å²) >= 11 is 0. The van der Waals surface area contributed by atoms with Crippen molar-refractivity contribution in [2.45, 2.75) is 30.6 Å². The van der Waals surface area contributed by atoms with Crippen LogP contribution in [0, 0.1) is 0 Å². The number of aliphatic hydroxyl groups excluding tert-OH is 2. The van der Waals surface area contributed by atoms with E-state index >= 15 is 0 Å². The fraction of sp³-hybridized carbons (Fsp3) is 0.286. The number of esters is 1. The van der Waals surface area contributed by atoms with Gasteiger partial charge in [-0.2, -0.15) is 0 Å². The van der Waals surface area contributed by atoms with Crippen molar-refractivity contribution in [1.29, 1.82) is 0 Å². The van der Waals surface area contributed by atoms with Gasteiger partial charge in [0.2, 0.25) is 0 Å². The van der Waals surface area contributed by atoms with Gasteiger partial charge in [-0.1, -0.05) is 36.4 Å². The molecule has 4 rings (SSSR count). The summed E-state index contributed by atoms with van der Waals surface area (Å²) in [6, 6.07) is 17.0. The Morgan fingerprint density at radius 2 is 1.72 bits per heavy atom. The molecule has 11 heteroatoms. The number of nitrogens with zero attached hydrogens (tertiary/aromatic N) is 1. The molecular weight excluding hydrogens is 441 g/mol. The smallest absolute Gasteiger partial charge is 0.451 e. The monoisotopic (exact) mass is 463 g/mol. The number of phosphoric acid groups is 1. The van der Waals surface area contributed by atoms with E-state index in [0.29, 0.717) is 5.52 Å². The van der Waals surface area contributed by atoms with Crippen LogP contribution in [-0.2, 0) is 18.6 Å². The second kappa shape index (κ2) is 9.13. The highest BCUT2D eigenvalue weighted by molar-refractivity contribution is 7.46. The number of aliphatic hydroxyl groups is 2. The van der Waals surface area contributed by atoms with Crippen LogP contribution in [0.4, 0.5) is 0 Å². The van der Waals surface area contributed by atoms with E-state index in [0.717, 1.165) is 5.39 Å². The van der Waals surface area contributed by atoms with Crippen molar-refractivity contribution in [2.75, 3.05) is 6.61 Å². The summed E-state index contributed by atoms with van der Waals surface area (Å²) in [5, 5.41) is 21.2. The van der Waals surface area contributed by atoms with Gasteiger partial charge in [0.1, 0.15) is 18.3 Å². The third-order valence-corrected chi connectivity index (χ3v) is 5.75. The van der Waals surface area contributed by atoms with Gasteiger partial charge in [0.05, 0.1) is 17.7 Å². The Balaban J connectivity index is 1.78. The van der Waals surface area contributed by atoms with Crippen LogP contribution in [0.2, 0.25) is 0 Å². The number of phosphoric ester groups is 1. The quantitative estimate of drug-likeness (QED) is 0.316. The number of ether oxygens (including phenoxy) is 2. The number of fused-ring (bicyclic) bond motifs is 1. The molecule has 0 bridgehead atoms. The van der Waals surface area contributed by atoms with Gasteiger partial charge in [-0.05, 0) is 29.7 Å². The molecule has 0 saturated carbocycles. The summed E-state index contributed by atoms with van der Waals surface area (Å²) in [4.78, 5) is 31.7. The molecule has 0 amide bonds. The lowest BCUT2D eigenvalue weighted by Crippen LogP contribution is -2.58. The first-order chi connectivity index (χ1) is 15.3. The zero-order chi connectivity index (χ0) is 22.9. The van der Waals surface area contributed by atoms with Crippen LogP contribution in [0.25, 0.3) is 10.9 Å². The third kappa shape index (κ3) is 4.62. The maximum Gasteiger partial charge on any atom is 0.470 e. The van der Waals surface area contributed by atoms with Gasteiger partial charge in [-0.3, -0.25) is 4.52 Å². The Morgan fingerprint density at radius 3 is 2.41 bits per heavy atom. The second-order valence-electron chi connectivity index (χ2n) is 7.32. The van der Waals surface area contributed by atoms with E-state index in [1.54, 1.807) is 47.2 Å². The van der Waals surface area contributed by atoms with Crippen molar-refractivity contribution >= 4 is 24.7 Å². The van der Waals surface area contributed by atoms with Crippen LogP contribution in [0.1, 0.15) is 16.6 Å². The first kappa shape index (κ1) is 22.6. The lowest BCUT2D eigenvalue weighted by atomic mass is 9.97. The number of carbonyl (C=O) groups is 1. The molecule has 1 fully saturated rings. The molecule has 4 N–H and O–H groups in total. The predicted molar refractivity (Wildman–Crippen MR) is 112 cm³/mol. The molecule has 5 atom stereocenters. The predicted octanol–water partition coefficient (Wildman–Crippen LogP) is 1.60. The Hall–Kier alpha value is -2.56.